The van der Waals surface area contributed by atoms with Crippen molar-refractivity contribution in [3.05, 3.63) is 0 Å². The van der Waals surface area contributed by atoms with Gasteiger partial charge in [-0.1, -0.05) is 20.3 Å². The summed E-state index contributed by atoms with van der Waals surface area (Å²) in [6.45, 7) is 7.34. The summed E-state index contributed by atoms with van der Waals surface area (Å²) in [5.74, 6) is -0.409. The number of unbranched alkanes of at least 4 members (excludes halogenated alkanes) is 1. The van der Waals surface area contributed by atoms with Crippen molar-refractivity contribution in [1.29, 1.82) is 0 Å². The van der Waals surface area contributed by atoms with E-state index in [0.717, 1.165) is 19.3 Å². The number of thioether (sulfide) groups is 1. The molecule has 1 aliphatic rings. The molecule has 2 atom stereocenters. The molecule has 6 heteroatoms. The van der Waals surface area contributed by atoms with Crippen LogP contribution < -0.4 is 0 Å². The summed E-state index contributed by atoms with van der Waals surface area (Å²) in [7, 11) is 0. The van der Waals surface area contributed by atoms with Crippen LogP contribution in [0.1, 0.15) is 40.0 Å². The average Bonchev–Trinajstić information content (AvgIpc) is 2.83. The quantitative estimate of drug-likeness (QED) is 0.815. The van der Waals surface area contributed by atoms with Crippen molar-refractivity contribution in [2.24, 2.45) is 0 Å². The second-order valence-electron chi connectivity index (χ2n) is 4.67. The zero-order chi connectivity index (χ0) is 14.4. The molecule has 1 aliphatic heterocycles. The predicted molar refractivity (Wildman–Crippen MR) is 77.4 cm³/mol. The molecule has 2 amide bonds. The van der Waals surface area contributed by atoms with Crippen LogP contribution in [0.4, 0.5) is 4.79 Å². The van der Waals surface area contributed by atoms with E-state index in [2.05, 4.69) is 6.92 Å². The van der Waals surface area contributed by atoms with Gasteiger partial charge in [0.05, 0.1) is 5.37 Å². The topological polar surface area (TPSA) is 60.9 Å². The molecule has 1 heterocycles. The summed E-state index contributed by atoms with van der Waals surface area (Å²) < 4.78 is 0. The highest BCUT2D eigenvalue weighted by Gasteiger charge is 2.42. The maximum absolute atomic E-state index is 12.5. The summed E-state index contributed by atoms with van der Waals surface area (Å²) in [5.41, 5.74) is 0. The number of hydrogen-bond donors (Lipinski definition) is 1. The van der Waals surface area contributed by atoms with Gasteiger partial charge < -0.3 is 10.0 Å². The maximum Gasteiger partial charge on any atom is 0.327 e. The van der Waals surface area contributed by atoms with Crippen molar-refractivity contribution < 1.29 is 14.7 Å². The fourth-order valence-corrected chi connectivity index (χ4v) is 3.57. The van der Waals surface area contributed by atoms with E-state index in [0.29, 0.717) is 18.8 Å². The minimum Gasteiger partial charge on any atom is -0.480 e. The molecule has 0 bridgehead atoms. The number of urea groups is 1. The number of hydrogen-bond acceptors (Lipinski definition) is 3. The standard InChI is InChI=1S/C13H24N2O3S/c1-4-7-8-14(6-3)13(18)15-10(12(16)17)9-19-11(15)5-2/h10-11H,4-9H2,1-3H3,(H,16,17). The zero-order valence-corrected chi connectivity index (χ0v) is 12.8. The van der Waals surface area contributed by atoms with Crippen LogP contribution in [0.3, 0.4) is 0 Å². The van der Waals surface area contributed by atoms with Crippen molar-refractivity contribution >= 4 is 23.8 Å². The van der Waals surface area contributed by atoms with Gasteiger partial charge in [-0.2, -0.15) is 0 Å². The molecule has 5 nitrogen and oxygen atoms in total. The first-order valence-electron chi connectivity index (χ1n) is 6.98. The third kappa shape index (κ3) is 3.78. The SMILES string of the molecule is CCCCN(CC)C(=O)N1C(CC)SCC1C(=O)O. The predicted octanol–water partition coefficient (Wildman–Crippen LogP) is 2.47. The van der Waals surface area contributed by atoms with Crippen LogP contribution >= 0.6 is 11.8 Å². The van der Waals surface area contributed by atoms with Crippen LogP contribution in [-0.2, 0) is 4.79 Å². The van der Waals surface area contributed by atoms with Crippen LogP contribution in [0.25, 0.3) is 0 Å². The van der Waals surface area contributed by atoms with Gasteiger partial charge in [-0.3, -0.25) is 4.90 Å². The zero-order valence-electron chi connectivity index (χ0n) is 12.0. The van der Waals surface area contributed by atoms with Gasteiger partial charge >= 0.3 is 12.0 Å². The number of rotatable bonds is 6. The molecule has 0 aromatic heterocycles. The molecular formula is C13H24N2O3S. The Bertz CT molecular complexity index is 325. The highest BCUT2D eigenvalue weighted by Crippen LogP contribution is 2.32. The highest BCUT2D eigenvalue weighted by atomic mass is 32.2. The molecule has 0 aromatic rings. The van der Waals surface area contributed by atoms with Crippen LogP contribution in [0.15, 0.2) is 0 Å². The largest absolute Gasteiger partial charge is 0.480 e. The van der Waals surface area contributed by atoms with Crippen molar-refractivity contribution in [1.82, 2.24) is 9.80 Å². The molecule has 0 spiro atoms. The molecule has 0 aromatic carbocycles. The Morgan fingerprint density at radius 2 is 2.05 bits per heavy atom. The monoisotopic (exact) mass is 288 g/mol. The molecule has 19 heavy (non-hydrogen) atoms. The minimum absolute atomic E-state index is 0.00993. The summed E-state index contributed by atoms with van der Waals surface area (Å²) in [5, 5.41) is 9.24. The van der Waals surface area contributed by atoms with Gasteiger partial charge in [0.25, 0.3) is 0 Å². The first-order valence-corrected chi connectivity index (χ1v) is 8.03. The molecular weight excluding hydrogens is 264 g/mol. The third-order valence-electron chi connectivity index (χ3n) is 3.38. The Labute approximate surface area is 119 Å². The number of nitrogens with zero attached hydrogens (tertiary/aromatic N) is 2. The summed E-state index contributed by atoms with van der Waals surface area (Å²) >= 11 is 1.56. The molecule has 2 unspecified atom stereocenters. The Morgan fingerprint density at radius 3 is 2.53 bits per heavy atom. The Morgan fingerprint density at radius 1 is 1.37 bits per heavy atom. The fraction of sp³-hybridized carbons (Fsp3) is 0.846. The van der Waals surface area contributed by atoms with Crippen LogP contribution in [-0.4, -0.2) is 57.2 Å². The van der Waals surface area contributed by atoms with E-state index in [1.165, 1.54) is 0 Å². The van der Waals surface area contributed by atoms with Gasteiger partial charge in [-0.05, 0) is 19.8 Å². The van der Waals surface area contributed by atoms with Crippen LogP contribution in [0.2, 0.25) is 0 Å². The summed E-state index contributed by atoms with van der Waals surface area (Å²) in [6, 6.07) is -0.807. The van der Waals surface area contributed by atoms with E-state index in [1.807, 2.05) is 13.8 Å². The second kappa shape index (κ2) is 7.62. The van der Waals surface area contributed by atoms with E-state index >= 15 is 0 Å². The van der Waals surface area contributed by atoms with Gasteiger partial charge in [0.15, 0.2) is 0 Å². The molecule has 0 saturated carbocycles. The minimum atomic E-state index is -0.900. The molecule has 0 radical (unpaired) electrons. The lowest BCUT2D eigenvalue weighted by atomic mass is 10.2. The van der Waals surface area contributed by atoms with Gasteiger partial charge in [0.2, 0.25) is 0 Å². The first kappa shape index (κ1) is 16.1. The molecule has 1 fully saturated rings. The number of aliphatic carboxylic acids is 1. The van der Waals surface area contributed by atoms with Crippen LogP contribution in [0.5, 0.6) is 0 Å². The molecule has 110 valence electrons. The number of carbonyl (C=O) groups is 2. The smallest absolute Gasteiger partial charge is 0.327 e. The van der Waals surface area contributed by atoms with Gasteiger partial charge in [-0.25, -0.2) is 9.59 Å². The van der Waals surface area contributed by atoms with Gasteiger partial charge in [0, 0.05) is 18.8 Å². The fourth-order valence-electron chi connectivity index (χ4n) is 2.23. The third-order valence-corrected chi connectivity index (χ3v) is 4.83. The number of carbonyl (C=O) groups excluding carboxylic acids is 1. The lowest BCUT2D eigenvalue weighted by Gasteiger charge is -2.32. The number of carboxylic acids is 1. The lowest BCUT2D eigenvalue weighted by molar-refractivity contribution is -0.141. The van der Waals surface area contributed by atoms with Crippen molar-refractivity contribution in [2.75, 3.05) is 18.8 Å². The van der Waals surface area contributed by atoms with E-state index in [9.17, 15) is 14.7 Å². The second-order valence-corrected chi connectivity index (χ2v) is 5.88. The maximum atomic E-state index is 12.5. The van der Waals surface area contributed by atoms with Crippen LogP contribution in [0, 0.1) is 0 Å². The van der Waals surface area contributed by atoms with Gasteiger partial charge in [0.1, 0.15) is 6.04 Å². The first-order chi connectivity index (χ1) is 9.06. The Kier molecular flexibility index (Phi) is 6.48. The van der Waals surface area contributed by atoms with Crippen molar-refractivity contribution in [3.8, 4) is 0 Å². The summed E-state index contributed by atoms with van der Waals surface area (Å²) in [6.07, 6.45) is 2.76. The molecule has 1 rings (SSSR count). The van der Waals surface area contributed by atoms with E-state index < -0.39 is 12.0 Å². The molecule has 1 saturated heterocycles. The Balaban J connectivity index is 2.81. The Hall–Kier alpha value is -0.910. The average molecular weight is 288 g/mol. The normalized spacial score (nSPS) is 22.6. The van der Waals surface area contributed by atoms with E-state index in [-0.39, 0.29) is 11.4 Å². The number of amides is 2. The summed E-state index contributed by atoms with van der Waals surface area (Å²) in [4.78, 5) is 27.1. The van der Waals surface area contributed by atoms with E-state index in [1.54, 1.807) is 21.6 Å². The van der Waals surface area contributed by atoms with Crippen molar-refractivity contribution in [2.45, 2.75) is 51.4 Å². The molecule has 1 N–H and O–H groups in total. The highest BCUT2D eigenvalue weighted by molar-refractivity contribution is 8.00. The number of carboxylic acid groups (broad SMARTS) is 1. The van der Waals surface area contributed by atoms with Crippen molar-refractivity contribution in [3.63, 3.8) is 0 Å². The molecule has 0 aliphatic carbocycles. The lowest BCUT2D eigenvalue weighted by Crippen LogP contribution is -2.51. The van der Waals surface area contributed by atoms with Gasteiger partial charge in [-0.15, -0.1) is 11.8 Å². The van der Waals surface area contributed by atoms with E-state index in [4.69, 9.17) is 0 Å².